The van der Waals surface area contributed by atoms with E-state index in [2.05, 4.69) is 55.4 Å². The maximum Gasteiger partial charge on any atom is 0.119 e. The van der Waals surface area contributed by atoms with Crippen LogP contribution in [0.15, 0.2) is 48.5 Å². The SMILES string of the molecule is COc1cccc(-c2ccccc2N(C)C)c1. The van der Waals surface area contributed by atoms with Crippen LogP contribution in [-0.2, 0) is 0 Å². The molecule has 2 aromatic carbocycles. The molecule has 0 bridgehead atoms. The largest absolute Gasteiger partial charge is 0.497 e. The van der Waals surface area contributed by atoms with Crippen LogP contribution in [0.5, 0.6) is 5.75 Å². The number of para-hydroxylation sites is 1. The third-order valence-corrected chi connectivity index (χ3v) is 2.77. The van der Waals surface area contributed by atoms with Crippen molar-refractivity contribution in [2.24, 2.45) is 0 Å². The highest BCUT2D eigenvalue weighted by Crippen LogP contribution is 2.31. The molecule has 0 aromatic heterocycles. The molecule has 0 fully saturated rings. The maximum atomic E-state index is 5.26. The number of ether oxygens (including phenoxy) is 1. The van der Waals surface area contributed by atoms with Gasteiger partial charge in [-0.3, -0.25) is 0 Å². The van der Waals surface area contributed by atoms with Crippen LogP contribution in [0.4, 0.5) is 5.69 Å². The van der Waals surface area contributed by atoms with Gasteiger partial charge in [-0.15, -0.1) is 0 Å². The number of rotatable bonds is 3. The van der Waals surface area contributed by atoms with Crippen LogP contribution in [0, 0.1) is 0 Å². The lowest BCUT2D eigenvalue weighted by Crippen LogP contribution is -2.09. The minimum absolute atomic E-state index is 0.885. The summed E-state index contributed by atoms with van der Waals surface area (Å²) in [7, 11) is 5.80. The van der Waals surface area contributed by atoms with Crippen molar-refractivity contribution >= 4 is 5.69 Å². The first-order valence-corrected chi connectivity index (χ1v) is 5.63. The van der Waals surface area contributed by atoms with Gasteiger partial charge in [0.2, 0.25) is 0 Å². The van der Waals surface area contributed by atoms with Crippen LogP contribution in [0.25, 0.3) is 11.1 Å². The zero-order chi connectivity index (χ0) is 12.3. The summed E-state index contributed by atoms with van der Waals surface area (Å²) in [5, 5.41) is 0. The van der Waals surface area contributed by atoms with Crippen LogP contribution in [0.3, 0.4) is 0 Å². The van der Waals surface area contributed by atoms with Crippen molar-refractivity contribution in [3.63, 3.8) is 0 Å². The summed E-state index contributed by atoms with van der Waals surface area (Å²) in [4.78, 5) is 2.12. The number of nitrogens with zero attached hydrogens (tertiary/aromatic N) is 1. The van der Waals surface area contributed by atoms with Gasteiger partial charge >= 0.3 is 0 Å². The van der Waals surface area contributed by atoms with Crippen molar-refractivity contribution in [2.75, 3.05) is 26.1 Å². The van der Waals surface area contributed by atoms with Gasteiger partial charge in [0.1, 0.15) is 5.75 Å². The van der Waals surface area contributed by atoms with Gasteiger partial charge in [0.25, 0.3) is 0 Å². The van der Waals surface area contributed by atoms with E-state index in [1.165, 1.54) is 16.8 Å². The molecule has 0 aliphatic rings. The van der Waals surface area contributed by atoms with Crippen LogP contribution < -0.4 is 9.64 Å². The normalized spacial score (nSPS) is 10.1. The predicted molar refractivity (Wildman–Crippen MR) is 72.8 cm³/mol. The Labute approximate surface area is 102 Å². The zero-order valence-electron chi connectivity index (χ0n) is 10.5. The second kappa shape index (κ2) is 4.91. The van der Waals surface area contributed by atoms with Gasteiger partial charge in [0.15, 0.2) is 0 Å². The van der Waals surface area contributed by atoms with Gasteiger partial charge in [-0.25, -0.2) is 0 Å². The summed E-state index contributed by atoms with van der Waals surface area (Å²) in [6.45, 7) is 0. The second-order valence-corrected chi connectivity index (χ2v) is 4.14. The Balaban J connectivity index is 2.52. The lowest BCUT2D eigenvalue weighted by Gasteiger charge is -2.17. The highest BCUT2D eigenvalue weighted by atomic mass is 16.5. The van der Waals surface area contributed by atoms with E-state index in [0.717, 1.165) is 5.75 Å². The van der Waals surface area contributed by atoms with Crippen molar-refractivity contribution in [1.29, 1.82) is 0 Å². The molecule has 0 aliphatic carbocycles. The van der Waals surface area contributed by atoms with E-state index in [-0.39, 0.29) is 0 Å². The van der Waals surface area contributed by atoms with Crippen LogP contribution in [0.2, 0.25) is 0 Å². The molecule has 0 N–H and O–H groups in total. The summed E-state index contributed by atoms with van der Waals surface area (Å²) in [6, 6.07) is 16.5. The highest BCUT2D eigenvalue weighted by molar-refractivity contribution is 5.78. The van der Waals surface area contributed by atoms with Gasteiger partial charge in [-0.05, 0) is 23.8 Å². The van der Waals surface area contributed by atoms with Crippen LogP contribution >= 0.6 is 0 Å². The molecule has 17 heavy (non-hydrogen) atoms. The summed E-state index contributed by atoms with van der Waals surface area (Å²) < 4.78 is 5.26. The average molecular weight is 227 g/mol. The Bertz CT molecular complexity index is 506. The Kier molecular flexibility index (Phi) is 3.33. The van der Waals surface area contributed by atoms with E-state index in [1.54, 1.807) is 7.11 Å². The number of methoxy groups -OCH3 is 1. The van der Waals surface area contributed by atoms with Crippen LogP contribution in [-0.4, -0.2) is 21.2 Å². The molecule has 0 heterocycles. The summed E-state index contributed by atoms with van der Waals surface area (Å²) in [5.74, 6) is 0.885. The molecule has 2 aromatic rings. The van der Waals surface area contributed by atoms with Gasteiger partial charge < -0.3 is 9.64 Å². The van der Waals surface area contributed by atoms with Crippen molar-refractivity contribution < 1.29 is 4.74 Å². The first-order valence-electron chi connectivity index (χ1n) is 5.63. The van der Waals surface area contributed by atoms with Crippen molar-refractivity contribution in [3.8, 4) is 16.9 Å². The van der Waals surface area contributed by atoms with E-state index in [9.17, 15) is 0 Å². The topological polar surface area (TPSA) is 12.5 Å². The molecule has 0 unspecified atom stereocenters. The number of benzene rings is 2. The van der Waals surface area contributed by atoms with E-state index >= 15 is 0 Å². The minimum Gasteiger partial charge on any atom is -0.497 e. The van der Waals surface area contributed by atoms with Crippen molar-refractivity contribution in [2.45, 2.75) is 0 Å². The first-order chi connectivity index (χ1) is 8.22. The molecule has 2 nitrogen and oxygen atoms in total. The molecule has 0 atom stereocenters. The molecule has 2 heteroatoms. The van der Waals surface area contributed by atoms with Crippen LogP contribution in [0.1, 0.15) is 0 Å². The lowest BCUT2D eigenvalue weighted by atomic mass is 10.0. The molecule has 0 amide bonds. The van der Waals surface area contributed by atoms with Gasteiger partial charge in [-0.2, -0.15) is 0 Å². The number of anilines is 1. The van der Waals surface area contributed by atoms with E-state index in [4.69, 9.17) is 4.74 Å². The number of hydrogen-bond donors (Lipinski definition) is 0. The smallest absolute Gasteiger partial charge is 0.119 e. The number of hydrogen-bond acceptors (Lipinski definition) is 2. The Hall–Kier alpha value is -1.96. The quantitative estimate of drug-likeness (QED) is 0.796. The average Bonchev–Trinajstić information content (AvgIpc) is 2.39. The van der Waals surface area contributed by atoms with E-state index in [0.29, 0.717) is 0 Å². The fraction of sp³-hybridized carbons (Fsp3) is 0.200. The molecule has 0 spiro atoms. The zero-order valence-corrected chi connectivity index (χ0v) is 10.5. The van der Waals surface area contributed by atoms with Gasteiger partial charge in [0, 0.05) is 25.3 Å². The van der Waals surface area contributed by atoms with Gasteiger partial charge in [-0.1, -0.05) is 30.3 Å². The Morgan fingerprint density at radius 1 is 0.941 bits per heavy atom. The van der Waals surface area contributed by atoms with Crippen molar-refractivity contribution in [1.82, 2.24) is 0 Å². The van der Waals surface area contributed by atoms with E-state index < -0.39 is 0 Å². The molecular weight excluding hydrogens is 210 g/mol. The predicted octanol–water partition coefficient (Wildman–Crippen LogP) is 3.43. The molecule has 2 rings (SSSR count). The summed E-state index contributed by atoms with van der Waals surface area (Å²) in [6.07, 6.45) is 0. The highest BCUT2D eigenvalue weighted by Gasteiger charge is 2.06. The maximum absolute atomic E-state index is 5.26. The molecule has 0 saturated carbocycles. The fourth-order valence-corrected chi connectivity index (χ4v) is 1.90. The Morgan fingerprint density at radius 2 is 1.71 bits per heavy atom. The molecule has 0 saturated heterocycles. The summed E-state index contributed by atoms with van der Waals surface area (Å²) >= 11 is 0. The Morgan fingerprint density at radius 3 is 2.41 bits per heavy atom. The monoisotopic (exact) mass is 227 g/mol. The van der Waals surface area contributed by atoms with E-state index in [1.807, 2.05) is 12.1 Å². The lowest BCUT2D eigenvalue weighted by molar-refractivity contribution is 0.415. The molecule has 88 valence electrons. The molecule has 0 radical (unpaired) electrons. The molecule has 0 aliphatic heterocycles. The third kappa shape index (κ3) is 2.41. The minimum atomic E-state index is 0.885. The standard InChI is InChI=1S/C15H17NO/c1-16(2)15-10-5-4-9-14(15)12-7-6-8-13(11-12)17-3/h4-11H,1-3H3. The molecular formula is C15H17NO. The van der Waals surface area contributed by atoms with Crippen molar-refractivity contribution in [3.05, 3.63) is 48.5 Å². The summed E-state index contributed by atoms with van der Waals surface area (Å²) in [5.41, 5.74) is 3.60. The first kappa shape index (κ1) is 11.5. The second-order valence-electron chi connectivity index (χ2n) is 4.14. The third-order valence-electron chi connectivity index (χ3n) is 2.77. The van der Waals surface area contributed by atoms with Gasteiger partial charge in [0.05, 0.1) is 7.11 Å². The fourth-order valence-electron chi connectivity index (χ4n) is 1.90.